The molecule has 1 atom stereocenters. The minimum Gasteiger partial charge on any atom is -0.421 e. The number of halogens is 1. The Morgan fingerprint density at radius 2 is 1.77 bits per heavy atom. The van der Waals surface area contributed by atoms with E-state index >= 15 is 0 Å². The van der Waals surface area contributed by atoms with E-state index in [-0.39, 0.29) is 28.4 Å². The lowest BCUT2D eigenvalue weighted by atomic mass is 9.85. The molecule has 0 aliphatic carbocycles. The highest BCUT2D eigenvalue weighted by molar-refractivity contribution is 6.30. The number of fused-ring (bicyclic) bond motifs is 2. The molecule has 9 heteroatoms. The first kappa shape index (κ1) is 21.1. The number of hydrogen-bond acceptors (Lipinski definition) is 5. The van der Waals surface area contributed by atoms with E-state index in [9.17, 15) is 14.4 Å². The number of aromatic nitrogens is 4. The van der Waals surface area contributed by atoms with E-state index in [1.165, 1.54) is 18.7 Å². The number of unbranched alkanes of at least 4 members (excludes halogenated alkanes) is 2. The van der Waals surface area contributed by atoms with E-state index in [1.54, 1.807) is 24.3 Å². The summed E-state index contributed by atoms with van der Waals surface area (Å²) in [5.74, 6) is -0.0177. The molecule has 1 N–H and O–H groups in total. The number of nitrogens with one attached hydrogen (secondary N) is 1. The first-order valence-electron chi connectivity index (χ1n) is 10.2. The average Bonchev–Trinajstić information content (AvgIpc) is 2.75. The summed E-state index contributed by atoms with van der Waals surface area (Å²) >= 11 is 6.05. The molecule has 0 bridgehead atoms. The van der Waals surface area contributed by atoms with Gasteiger partial charge in [0.15, 0.2) is 0 Å². The number of aromatic amines is 1. The van der Waals surface area contributed by atoms with Gasteiger partial charge in [-0.1, -0.05) is 43.5 Å². The number of H-pyrrole nitrogens is 1. The maximum absolute atomic E-state index is 13.1. The molecule has 1 unspecified atom stereocenters. The van der Waals surface area contributed by atoms with E-state index in [0.717, 1.165) is 23.8 Å². The summed E-state index contributed by atoms with van der Waals surface area (Å²) in [5.41, 5.74) is -0.268. The predicted molar refractivity (Wildman–Crippen MR) is 117 cm³/mol. The fourth-order valence-corrected chi connectivity index (χ4v) is 4.07. The highest BCUT2D eigenvalue weighted by Crippen LogP contribution is 2.42. The molecular weight excluding hydrogens is 420 g/mol. The van der Waals surface area contributed by atoms with Gasteiger partial charge in [-0.3, -0.25) is 18.7 Å². The third-order valence-electron chi connectivity index (χ3n) is 5.60. The van der Waals surface area contributed by atoms with Crippen LogP contribution in [0.15, 0.2) is 38.6 Å². The zero-order valence-electron chi connectivity index (χ0n) is 17.6. The van der Waals surface area contributed by atoms with E-state index in [1.807, 2.05) is 0 Å². The van der Waals surface area contributed by atoms with Gasteiger partial charge in [0.1, 0.15) is 5.82 Å². The van der Waals surface area contributed by atoms with Crippen molar-refractivity contribution in [2.24, 2.45) is 14.1 Å². The molecule has 8 nitrogen and oxygen atoms in total. The Morgan fingerprint density at radius 1 is 1.06 bits per heavy atom. The van der Waals surface area contributed by atoms with Crippen molar-refractivity contribution in [3.05, 3.63) is 83.0 Å². The molecule has 0 saturated heterocycles. The second-order valence-electron chi connectivity index (χ2n) is 7.70. The molecule has 1 aliphatic rings. The normalized spacial score (nSPS) is 14.6. The fourth-order valence-electron chi connectivity index (χ4n) is 3.95. The summed E-state index contributed by atoms with van der Waals surface area (Å²) in [6.07, 6.45) is 3.55. The molecule has 4 rings (SSSR count). The molecule has 2 aromatic heterocycles. The van der Waals surface area contributed by atoms with Crippen LogP contribution in [0.4, 0.5) is 0 Å². The Balaban J connectivity index is 1.99. The molecule has 0 fully saturated rings. The molecule has 3 aromatic rings. The Bertz CT molecular complexity index is 1320. The van der Waals surface area contributed by atoms with E-state index in [4.69, 9.17) is 16.3 Å². The average molecular weight is 443 g/mol. The molecule has 162 valence electrons. The zero-order valence-corrected chi connectivity index (χ0v) is 18.3. The molecular formula is C22H23ClN4O4. The van der Waals surface area contributed by atoms with Crippen LogP contribution in [0.3, 0.4) is 0 Å². The van der Waals surface area contributed by atoms with Gasteiger partial charge in [0.2, 0.25) is 11.8 Å². The van der Waals surface area contributed by atoms with Crippen molar-refractivity contribution in [3.63, 3.8) is 0 Å². The van der Waals surface area contributed by atoms with Crippen LogP contribution in [0.25, 0.3) is 0 Å². The second kappa shape index (κ2) is 8.19. The molecule has 1 aliphatic heterocycles. The topological polar surface area (TPSA) is 99.0 Å². The molecule has 0 saturated carbocycles. The van der Waals surface area contributed by atoms with Crippen LogP contribution in [0.5, 0.6) is 11.8 Å². The molecule has 1 aromatic carbocycles. The monoisotopic (exact) mass is 442 g/mol. The number of aryl methyl sites for hydroxylation is 1. The van der Waals surface area contributed by atoms with Crippen molar-refractivity contribution in [1.29, 1.82) is 0 Å². The van der Waals surface area contributed by atoms with E-state index in [2.05, 4.69) is 16.9 Å². The van der Waals surface area contributed by atoms with E-state index in [0.29, 0.717) is 22.8 Å². The molecule has 31 heavy (non-hydrogen) atoms. The highest BCUT2D eigenvalue weighted by Gasteiger charge is 2.37. The third-order valence-corrected chi connectivity index (χ3v) is 5.86. The standard InChI is InChI=1S/C22H23ClN4O4/c1-4-5-6-7-14-24-18(28)16-15(12-8-10-13(23)11-9-12)17-20(29)26(2)22(30)27(3)21(17)31-19(16)25-14/h8-11,15H,4-7H2,1-3H3,(H,24,25,28). The van der Waals surface area contributed by atoms with Crippen molar-refractivity contribution in [1.82, 2.24) is 19.1 Å². The van der Waals surface area contributed by atoms with Crippen LogP contribution < -0.4 is 21.5 Å². The summed E-state index contributed by atoms with van der Waals surface area (Å²) in [6.45, 7) is 2.10. The lowest BCUT2D eigenvalue weighted by Gasteiger charge is -2.28. The Kier molecular flexibility index (Phi) is 5.58. The van der Waals surface area contributed by atoms with Gasteiger partial charge in [-0.15, -0.1) is 0 Å². The van der Waals surface area contributed by atoms with Gasteiger partial charge in [0, 0.05) is 25.5 Å². The highest BCUT2D eigenvalue weighted by atomic mass is 35.5. The lowest BCUT2D eigenvalue weighted by molar-refractivity contribution is 0.376. The van der Waals surface area contributed by atoms with Crippen LogP contribution in [-0.2, 0) is 20.5 Å². The first-order valence-corrected chi connectivity index (χ1v) is 10.6. The van der Waals surface area contributed by atoms with Gasteiger partial charge in [-0.25, -0.2) is 4.79 Å². The lowest BCUT2D eigenvalue weighted by Crippen LogP contribution is -2.42. The van der Waals surface area contributed by atoms with Crippen LogP contribution in [-0.4, -0.2) is 19.1 Å². The quantitative estimate of drug-likeness (QED) is 0.479. The minimum absolute atomic E-state index is 0.0955. The number of ether oxygens (including phenoxy) is 1. The number of rotatable bonds is 5. The van der Waals surface area contributed by atoms with Crippen LogP contribution in [0.2, 0.25) is 5.02 Å². The zero-order chi connectivity index (χ0) is 22.3. The summed E-state index contributed by atoms with van der Waals surface area (Å²) in [5, 5.41) is 0.530. The van der Waals surface area contributed by atoms with Gasteiger partial charge in [0.05, 0.1) is 17.0 Å². The summed E-state index contributed by atoms with van der Waals surface area (Å²) in [4.78, 5) is 46.1. The SMILES string of the molecule is CCCCCc1nc2c(c(=O)[nH]1)C(c1ccc(Cl)cc1)c1c(n(C)c(=O)n(C)c1=O)O2. The van der Waals surface area contributed by atoms with Crippen molar-refractivity contribution >= 4 is 11.6 Å². The second-order valence-corrected chi connectivity index (χ2v) is 8.14. The van der Waals surface area contributed by atoms with Gasteiger partial charge in [-0.2, -0.15) is 4.98 Å². The fraction of sp³-hybridized carbons (Fsp3) is 0.364. The van der Waals surface area contributed by atoms with Crippen molar-refractivity contribution in [2.45, 2.75) is 38.5 Å². The van der Waals surface area contributed by atoms with E-state index < -0.39 is 17.2 Å². The largest absolute Gasteiger partial charge is 0.421 e. The molecule has 0 radical (unpaired) electrons. The number of hydrogen-bond donors (Lipinski definition) is 1. The predicted octanol–water partition coefficient (Wildman–Crippen LogP) is 2.84. The van der Waals surface area contributed by atoms with Gasteiger partial charge in [-0.05, 0) is 24.1 Å². The van der Waals surface area contributed by atoms with Crippen LogP contribution in [0, 0.1) is 0 Å². The number of benzene rings is 1. The van der Waals surface area contributed by atoms with Crippen LogP contribution >= 0.6 is 11.6 Å². The molecule has 3 heterocycles. The maximum Gasteiger partial charge on any atom is 0.333 e. The van der Waals surface area contributed by atoms with Gasteiger partial charge in [0.25, 0.3) is 11.1 Å². The third kappa shape index (κ3) is 3.61. The Morgan fingerprint density at radius 3 is 2.45 bits per heavy atom. The Labute approximate surface area is 183 Å². The number of nitrogens with zero attached hydrogens (tertiary/aromatic N) is 3. The van der Waals surface area contributed by atoms with Gasteiger partial charge >= 0.3 is 5.69 Å². The smallest absolute Gasteiger partial charge is 0.333 e. The van der Waals surface area contributed by atoms with Crippen molar-refractivity contribution in [2.75, 3.05) is 0 Å². The van der Waals surface area contributed by atoms with Crippen LogP contribution in [0.1, 0.15) is 54.6 Å². The first-order chi connectivity index (χ1) is 14.8. The molecule has 0 amide bonds. The minimum atomic E-state index is -0.748. The summed E-state index contributed by atoms with van der Waals surface area (Å²) in [6, 6.07) is 6.90. The Hall–Kier alpha value is -3.13. The molecule has 0 spiro atoms. The van der Waals surface area contributed by atoms with Gasteiger partial charge < -0.3 is 9.72 Å². The maximum atomic E-state index is 13.1. The van der Waals surface area contributed by atoms with Crippen molar-refractivity contribution < 1.29 is 4.74 Å². The van der Waals surface area contributed by atoms with Crippen molar-refractivity contribution in [3.8, 4) is 11.8 Å². The summed E-state index contributed by atoms with van der Waals surface area (Å²) < 4.78 is 8.20. The summed E-state index contributed by atoms with van der Waals surface area (Å²) in [7, 11) is 2.93.